The van der Waals surface area contributed by atoms with Crippen molar-refractivity contribution in [3.05, 3.63) is 71.8 Å². The third-order valence-corrected chi connectivity index (χ3v) is 8.19. The van der Waals surface area contributed by atoms with Gasteiger partial charge in [-0.2, -0.15) is 0 Å². The molecule has 0 aliphatic heterocycles. The molecule has 0 radical (unpaired) electrons. The molecule has 0 aromatic heterocycles. The first-order chi connectivity index (χ1) is 18.5. The second kappa shape index (κ2) is 11.7. The maximum Gasteiger partial charge on any atom is 0.343 e. The molecule has 2 aromatic carbocycles. The molecule has 4 aliphatic carbocycles. The van der Waals surface area contributed by atoms with Gasteiger partial charge in [0, 0.05) is 12.7 Å². The summed E-state index contributed by atoms with van der Waals surface area (Å²) in [7, 11) is 1.63. The minimum absolute atomic E-state index is 0.0879. The van der Waals surface area contributed by atoms with Crippen molar-refractivity contribution < 1.29 is 33.3 Å². The molecule has 0 saturated heterocycles. The van der Waals surface area contributed by atoms with Crippen LogP contribution in [0.4, 0.5) is 0 Å². The topological polar surface area (TPSA) is 80.3 Å². The fraction of sp³-hybridized carbons (Fsp3) is 0.484. The van der Waals surface area contributed by atoms with Crippen molar-refractivity contribution in [2.75, 3.05) is 33.7 Å². The van der Waals surface area contributed by atoms with Gasteiger partial charge < -0.3 is 23.7 Å². The molecule has 4 fully saturated rings. The number of rotatable bonds is 12. The lowest BCUT2D eigenvalue weighted by atomic mass is 9.48. The summed E-state index contributed by atoms with van der Waals surface area (Å²) in [6.45, 7) is 4.68. The summed E-state index contributed by atoms with van der Waals surface area (Å²) in [5.74, 6) is 2.44. The number of methoxy groups -OCH3 is 1. The van der Waals surface area contributed by atoms with Crippen LogP contribution in [0.15, 0.2) is 55.1 Å². The van der Waals surface area contributed by atoms with Gasteiger partial charge in [-0.25, -0.2) is 9.59 Å². The lowest BCUT2D eigenvalue weighted by Crippen LogP contribution is -2.48. The van der Waals surface area contributed by atoms with Gasteiger partial charge in [-0.3, -0.25) is 0 Å². The van der Waals surface area contributed by atoms with Crippen molar-refractivity contribution in [2.24, 2.45) is 17.8 Å². The lowest BCUT2D eigenvalue weighted by Gasteiger charge is -2.57. The smallest absolute Gasteiger partial charge is 0.343 e. The molecule has 0 spiro atoms. The summed E-state index contributed by atoms with van der Waals surface area (Å²) in [4.78, 5) is 25.1. The Morgan fingerprint density at radius 3 is 2.21 bits per heavy atom. The highest BCUT2D eigenvalue weighted by molar-refractivity contribution is 5.92. The van der Waals surface area contributed by atoms with E-state index in [4.69, 9.17) is 23.7 Å². The average molecular weight is 521 g/mol. The van der Waals surface area contributed by atoms with E-state index in [9.17, 15) is 9.59 Å². The normalized spacial score (nSPS) is 25.1. The minimum Gasteiger partial charge on any atom is -0.467 e. The Balaban J connectivity index is 1.33. The molecule has 0 atom stereocenters. The summed E-state index contributed by atoms with van der Waals surface area (Å²) in [6, 6.07) is 12.0. The molecule has 7 nitrogen and oxygen atoms in total. The number of carbonyl (C=O) groups excluding carboxylic acids is 2. The SMILES string of the molecule is C=CCOC(=O)c1ccc(OC(=O)c2ccc(C34CC5CC(CC(C5)C3)C4)c(OCOCCOC)c2)cc1. The van der Waals surface area contributed by atoms with Crippen LogP contribution in [-0.2, 0) is 19.6 Å². The second-order valence-electron chi connectivity index (χ2n) is 10.9. The van der Waals surface area contributed by atoms with E-state index in [1.165, 1.54) is 50.2 Å². The van der Waals surface area contributed by atoms with E-state index < -0.39 is 11.9 Å². The molecule has 7 heteroatoms. The highest BCUT2D eigenvalue weighted by Gasteiger charge is 2.52. The summed E-state index contributed by atoms with van der Waals surface area (Å²) < 4.78 is 27.4. The van der Waals surface area contributed by atoms with E-state index >= 15 is 0 Å². The molecule has 2 aromatic rings. The third-order valence-electron chi connectivity index (χ3n) is 8.19. The molecule has 4 bridgehead atoms. The van der Waals surface area contributed by atoms with E-state index in [1.54, 1.807) is 37.4 Å². The van der Waals surface area contributed by atoms with E-state index in [0.717, 1.165) is 17.8 Å². The monoisotopic (exact) mass is 520 g/mol. The first kappa shape index (κ1) is 26.4. The maximum absolute atomic E-state index is 13.1. The van der Waals surface area contributed by atoms with Crippen molar-refractivity contribution in [3.63, 3.8) is 0 Å². The fourth-order valence-corrected chi connectivity index (χ4v) is 7.00. The highest BCUT2D eigenvalue weighted by atomic mass is 16.7. The number of esters is 2. The van der Waals surface area contributed by atoms with Crippen molar-refractivity contribution in [1.29, 1.82) is 0 Å². The highest BCUT2D eigenvalue weighted by Crippen LogP contribution is 2.61. The second-order valence-corrected chi connectivity index (χ2v) is 10.9. The quantitative estimate of drug-likeness (QED) is 0.116. The Labute approximate surface area is 224 Å². The van der Waals surface area contributed by atoms with Crippen LogP contribution in [0.2, 0.25) is 0 Å². The van der Waals surface area contributed by atoms with Gasteiger partial charge in [-0.05, 0) is 98.1 Å². The van der Waals surface area contributed by atoms with Gasteiger partial charge >= 0.3 is 11.9 Å². The summed E-state index contributed by atoms with van der Waals surface area (Å²) in [5.41, 5.74) is 2.07. The standard InChI is InChI=1S/C31H36O7/c1-3-10-36-29(32)24-4-7-26(8-5-24)38-30(33)25-6-9-27(28(16-25)37-20-35-12-11-34-2)31-17-21-13-22(18-31)15-23(14-21)19-31/h3-9,16,21-23H,1,10-15,17-20H2,2H3. The van der Waals surface area contributed by atoms with Gasteiger partial charge in [0.2, 0.25) is 0 Å². The minimum atomic E-state index is -0.491. The molecule has 4 aliphatic rings. The predicted molar refractivity (Wildman–Crippen MR) is 141 cm³/mol. The van der Waals surface area contributed by atoms with Crippen LogP contribution >= 0.6 is 0 Å². The van der Waals surface area contributed by atoms with Crippen LogP contribution in [0.3, 0.4) is 0 Å². The Morgan fingerprint density at radius 1 is 0.921 bits per heavy atom. The predicted octanol–water partition coefficient (Wildman–Crippen LogP) is 5.72. The van der Waals surface area contributed by atoms with E-state index in [2.05, 4.69) is 12.6 Å². The van der Waals surface area contributed by atoms with Crippen molar-refractivity contribution in [1.82, 2.24) is 0 Å². The first-order valence-corrected chi connectivity index (χ1v) is 13.4. The Kier molecular flexibility index (Phi) is 8.15. The summed E-state index contributed by atoms with van der Waals surface area (Å²) >= 11 is 0. The fourth-order valence-electron chi connectivity index (χ4n) is 7.00. The van der Waals surface area contributed by atoms with E-state index in [0.29, 0.717) is 35.8 Å². The lowest BCUT2D eigenvalue weighted by molar-refractivity contribution is -0.0190. The molecule has 0 unspecified atom stereocenters. The zero-order valence-electron chi connectivity index (χ0n) is 22.0. The Morgan fingerprint density at radius 2 is 1.58 bits per heavy atom. The number of hydrogen-bond donors (Lipinski definition) is 0. The average Bonchev–Trinajstić information content (AvgIpc) is 2.91. The Hall–Kier alpha value is -3.16. The van der Waals surface area contributed by atoms with Crippen LogP contribution in [0, 0.1) is 17.8 Å². The molecule has 202 valence electrons. The molecule has 38 heavy (non-hydrogen) atoms. The molecule has 0 amide bonds. The maximum atomic E-state index is 13.1. The number of benzene rings is 2. The van der Waals surface area contributed by atoms with Gasteiger partial charge in [0.1, 0.15) is 18.1 Å². The molecule has 6 rings (SSSR count). The van der Waals surface area contributed by atoms with Crippen LogP contribution in [0.25, 0.3) is 0 Å². The number of hydrogen-bond acceptors (Lipinski definition) is 7. The summed E-state index contributed by atoms with van der Waals surface area (Å²) in [5, 5.41) is 0. The summed E-state index contributed by atoms with van der Waals surface area (Å²) in [6.07, 6.45) is 9.12. The third kappa shape index (κ3) is 5.79. The molecule has 4 saturated carbocycles. The van der Waals surface area contributed by atoms with Crippen LogP contribution in [0.1, 0.15) is 64.8 Å². The van der Waals surface area contributed by atoms with Crippen molar-refractivity contribution in [3.8, 4) is 11.5 Å². The van der Waals surface area contributed by atoms with Gasteiger partial charge in [0.25, 0.3) is 0 Å². The van der Waals surface area contributed by atoms with Gasteiger partial charge in [-0.1, -0.05) is 18.7 Å². The zero-order valence-corrected chi connectivity index (χ0v) is 22.0. The van der Waals surface area contributed by atoms with Crippen molar-refractivity contribution in [2.45, 2.75) is 43.9 Å². The largest absolute Gasteiger partial charge is 0.467 e. The number of carbonyl (C=O) groups is 2. The van der Waals surface area contributed by atoms with Crippen molar-refractivity contribution >= 4 is 11.9 Å². The first-order valence-electron chi connectivity index (χ1n) is 13.4. The van der Waals surface area contributed by atoms with Crippen LogP contribution < -0.4 is 9.47 Å². The molecular weight excluding hydrogens is 484 g/mol. The molecular formula is C31H36O7. The number of ether oxygens (including phenoxy) is 5. The van der Waals surface area contributed by atoms with Gasteiger partial charge in [0.05, 0.1) is 24.3 Å². The molecule has 0 heterocycles. The van der Waals surface area contributed by atoms with Gasteiger partial charge in [0.15, 0.2) is 6.79 Å². The van der Waals surface area contributed by atoms with E-state index in [-0.39, 0.29) is 18.8 Å². The Bertz CT molecular complexity index is 1120. The zero-order chi connectivity index (χ0) is 26.5. The van der Waals surface area contributed by atoms with E-state index in [1.807, 2.05) is 6.07 Å². The van der Waals surface area contributed by atoms with Gasteiger partial charge in [-0.15, -0.1) is 0 Å². The van der Waals surface area contributed by atoms with Crippen LogP contribution in [-0.4, -0.2) is 45.7 Å². The van der Waals surface area contributed by atoms with Crippen LogP contribution in [0.5, 0.6) is 11.5 Å². The molecule has 0 N–H and O–H groups in total.